The largest absolute Gasteiger partial charge is 0.325 e. The highest BCUT2D eigenvalue weighted by molar-refractivity contribution is 7.11. The van der Waals surface area contributed by atoms with Crippen LogP contribution in [0.1, 0.15) is 48.7 Å². The lowest BCUT2D eigenvalue weighted by molar-refractivity contribution is 0.334. The Balaban J connectivity index is 2.10. The van der Waals surface area contributed by atoms with Crippen molar-refractivity contribution in [2.45, 2.75) is 58.9 Å². The first kappa shape index (κ1) is 12.1. The minimum absolute atomic E-state index is 0.0137. The molecule has 0 bridgehead atoms. The van der Waals surface area contributed by atoms with Crippen molar-refractivity contribution in [3.63, 3.8) is 0 Å². The van der Waals surface area contributed by atoms with E-state index < -0.39 is 0 Å². The van der Waals surface area contributed by atoms with Crippen LogP contribution in [0.15, 0.2) is 0 Å². The third kappa shape index (κ3) is 2.46. The van der Waals surface area contributed by atoms with Gasteiger partial charge in [-0.25, -0.2) is 4.98 Å². The van der Waals surface area contributed by atoms with Crippen LogP contribution in [0.5, 0.6) is 0 Å². The average molecular weight is 238 g/mol. The minimum Gasteiger partial charge on any atom is -0.325 e. The van der Waals surface area contributed by atoms with Crippen LogP contribution < -0.4 is 5.73 Å². The van der Waals surface area contributed by atoms with Gasteiger partial charge in [0.25, 0.3) is 0 Å². The Hall–Kier alpha value is -0.410. The zero-order chi connectivity index (χ0) is 12.0. The van der Waals surface area contributed by atoms with Gasteiger partial charge in [-0.3, -0.25) is 0 Å². The van der Waals surface area contributed by atoms with Crippen LogP contribution >= 0.6 is 11.3 Å². The Kier molecular flexibility index (Phi) is 2.87. The van der Waals surface area contributed by atoms with Crippen molar-refractivity contribution in [3.8, 4) is 0 Å². The highest BCUT2D eigenvalue weighted by atomic mass is 32.1. The zero-order valence-electron chi connectivity index (χ0n) is 10.8. The summed E-state index contributed by atoms with van der Waals surface area (Å²) in [6.07, 6.45) is 4.46. The normalized spacial score (nSPS) is 28.6. The van der Waals surface area contributed by atoms with Crippen molar-refractivity contribution < 1.29 is 0 Å². The van der Waals surface area contributed by atoms with Crippen molar-refractivity contribution in [3.05, 3.63) is 15.6 Å². The maximum atomic E-state index is 6.49. The topological polar surface area (TPSA) is 38.9 Å². The molecule has 2 N–H and O–H groups in total. The van der Waals surface area contributed by atoms with E-state index in [4.69, 9.17) is 5.73 Å². The van der Waals surface area contributed by atoms with Crippen molar-refractivity contribution in [2.24, 2.45) is 11.1 Å². The molecule has 1 saturated carbocycles. The van der Waals surface area contributed by atoms with Crippen molar-refractivity contribution >= 4 is 11.3 Å². The summed E-state index contributed by atoms with van der Waals surface area (Å²) >= 11 is 1.81. The third-order valence-electron chi connectivity index (χ3n) is 3.71. The number of aryl methyl sites for hydroxylation is 2. The van der Waals surface area contributed by atoms with Gasteiger partial charge in [-0.1, -0.05) is 13.8 Å². The van der Waals surface area contributed by atoms with E-state index in [1.807, 2.05) is 11.3 Å². The van der Waals surface area contributed by atoms with Gasteiger partial charge in [0.2, 0.25) is 0 Å². The molecule has 0 aromatic carbocycles. The molecule has 1 atom stereocenters. The summed E-state index contributed by atoms with van der Waals surface area (Å²) < 4.78 is 0. The molecule has 16 heavy (non-hydrogen) atoms. The number of rotatable bonds is 2. The summed E-state index contributed by atoms with van der Waals surface area (Å²) in [6, 6.07) is 0. The van der Waals surface area contributed by atoms with E-state index in [-0.39, 0.29) is 5.54 Å². The molecule has 0 spiro atoms. The van der Waals surface area contributed by atoms with Crippen molar-refractivity contribution in [1.82, 2.24) is 4.98 Å². The number of nitrogens with zero attached hydrogens (tertiary/aromatic N) is 1. The van der Waals surface area contributed by atoms with Gasteiger partial charge in [0, 0.05) is 16.8 Å². The molecule has 1 aliphatic rings. The molecule has 0 aliphatic heterocycles. The fourth-order valence-electron chi connectivity index (χ4n) is 2.78. The van der Waals surface area contributed by atoms with Crippen LogP contribution in [-0.4, -0.2) is 10.5 Å². The van der Waals surface area contributed by atoms with Gasteiger partial charge in [-0.2, -0.15) is 0 Å². The van der Waals surface area contributed by atoms with Gasteiger partial charge in [-0.05, 0) is 38.5 Å². The molecule has 1 heterocycles. The molecule has 0 radical (unpaired) electrons. The highest BCUT2D eigenvalue weighted by Gasteiger charge is 2.40. The monoisotopic (exact) mass is 238 g/mol. The second-order valence-electron chi connectivity index (χ2n) is 6.13. The molecular weight excluding hydrogens is 216 g/mol. The van der Waals surface area contributed by atoms with Gasteiger partial charge < -0.3 is 5.73 Å². The van der Waals surface area contributed by atoms with Crippen molar-refractivity contribution in [2.75, 3.05) is 0 Å². The second-order valence-corrected chi connectivity index (χ2v) is 7.42. The van der Waals surface area contributed by atoms with Gasteiger partial charge in [0.05, 0.1) is 10.7 Å². The van der Waals surface area contributed by atoms with Crippen LogP contribution in [-0.2, 0) is 6.42 Å². The Morgan fingerprint density at radius 3 is 2.44 bits per heavy atom. The SMILES string of the molecule is Cc1nc(CC2(N)CCC(C)(C)C2)sc1C. The van der Waals surface area contributed by atoms with Crippen LogP contribution in [0.3, 0.4) is 0 Å². The summed E-state index contributed by atoms with van der Waals surface area (Å²) in [6.45, 7) is 8.86. The van der Waals surface area contributed by atoms with Crippen molar-refractivity contribution in [1.29, 1.82) is 0 Å². The molecule has 3 heteroatoms. The first-order valence-electron chi connectivity index (χ1n) is 6.02. The highest BCUT2D eigenvalue weighted by Crippen LogP contribution is 2.43. The Labute approximate surface area is 102 Å². The molecule has 90 valence electrons. The van der Waals surface area contributed by atoms with Gasteiger partial charge in [0.15, 0.2) is 0 Å². The number of nitrogens with two attached hydrogens (primary N) is 1. The van der Waals surface area contributed by atoms with Gasteiger partial charge in [0.1, 0.15) is 0 Å². The number of hydrogen-bond acceptors (Lipinski definition) is 3. The Bertz CT molecular complexity index is 375. The summed E-state index contributed by atoms with van der Waals surface area (Å²) in [7, 11) is 0. The average Bonchev–Trinajstić information content (AvgIpc) is 2.54. The molecule has 2 nitrogen and oxygen atoms in total. The number of thiazole rings is 1. The molecule has 1 aliphatic carbocycles. The number of hydrogen-bond donors (Lipinski definition) is 1. The maximum Gasteiger partial charge on any atom is 0.0949 e. The summed E-state index contributed by atoms with van der Waals surface area (Å²) in [5.41, 5.74) is 8.06. The van der Waals surface area contributed by atoms with Gasteiger partial charge in [-0.15, -0.1) is 11.3 Å². The smallest absolute Gasteiger partial charge is 0.0949 e. The predicted octanol–water partition coefficient (Wildman–Crippen LogP) is 3.21. The van der Waals surface area contributed by atoms with E-state index in [0.717, 1.165) is 19.3 Å². The minimum atomic E-state index is -0.0137. The standard InChI is InChI=1S/C13H22N2S/c1-9-10(2)16-11(15-9)7-13(14)6-5-12(3,4)8-13/h5-8,14H2,1-4H3. The molecule has 1 fully saturated rings. The summed E-state index contributed by atoms with van der Waals surface area (Å²) in [5.74, 6) is 0. The van der Waals surface area contributed by atoms with Crippen LogP contribution in [0.2, 0.25) is 0 Å². The Morgan fingerprint density at radius 2 is 2.00 bits per heavy atom. The molecule has 0 amide bonds. The van der Waals surface area contributed by atoms with Crippen LogP contribution in [0.4, 0.5) is 0 Å². The fourth-order valence-corrected chi connectivity index (χ4v) is 3.87. The van der Waals surface area contributed by atoms with Gasteiger partial charge >= 0.3 is 0 Å². The molecule has 1 aromatic heterocycles. The summed E-state index contributed by atoms with van der Waals surface area (Å²) in [5, 5.41) is 1.22. The first-order chi connectivity index (χ1) is 7.30. The molecule has 2 rings (SSSR count). The van der Waals surface area contributed by atoms with Crippen LogP contribution in [0.25, 0.3) is 0 Å². The van der Waals surface area contributed by atoms with E-state index in [9.17, 15) is 0 Å². The lowest BCUT2D eigenvalue weighted by atomic mass is 9.87. The van der Waals surface area contributed by atoms with E-state index >= 15 is 0 Å². The number of aromatic nitrogens is 1. The molecule has 0 saturated heterocycles. The first-order valence-corrected chi connectivity index (χ1v) is 6.83. The molecule has 1 unspecified atom stereocenters. The van der Waals surface area contributed by atoms with Crippen LogP contribution in [0, 0.1) is 19.3 Å². The van der Waals surface area contributed by atoms with E-state index in [0.29, 0.717) is 5.41 Å². The fraction of sp³-hybridized carbons (Fsp3) is 0.769. The molecule has 1 aromatic rings. The predicted molar refractivity (Wildman–Crippen MR) is 69.8 cm³/mol. The van der Waals surface area contributed by atoms with E-state index in [1.165, 1.54) is 22.0 Å². The Morgan fingerprint density at radius 1 is 1.31 bits per heavy atom. The lowest BCUT2D eigenvalue weighted by Gasteiger charge is -2.25. The quantitative estimate of drug-likeness (QED) is 0.859. The zero-order valence-corrected chi connectivity index (χ0v) is 11.6. The van der Waals surface area contributed by atoms with E-state index in [1.54, 1.807) is 0 Å². The molecular formula is C13H22N2S. The maximum absolute atomic E-state index is 6.49. The third-order valence-corrected chi connectivity index (χ3v) is 4.78. The second kappa shape index (κ2) is 3.81. The van der Waals surface area contributed by atoms with E-state index in [2.05, 4.69) is 32.7 Å². The lowest BCUT2D eigenvalue weighted by Crippen LogP contribution is -2.40. The summed E-state index contributed by atoms with van der Waals surface area (Å²) in [4.78, 5) is 5.93.